The molecule has 59 heavy (non-hydrogen) atoms. The molecule has 0 amide bonds. The Kier molecular flexibility index (Phi) is 7.75. The maximum Gasteiger partial charge on any atom is 0.145 e. The van der Waals surface area contributed by atoms with E-state index in [1.54, 1.807) is 0 Å². The van der Waals surface area contributed by atoms with Gasteiger partial charge in [-0.3, -0.25) is 0 Å². The van der Waals surface area contributed by atoms with E-state index in [1.807, 2.05) is 11.3 Å². The van der Waals surface area contributed by atoms with Crippen LogP contribution in [0, 0.1) is 0 Å². The molecule has 2 aromatic heterocycles. The van der Waals surface area contributed by atoms with Crippen LogP contribution in [0.3, 0.4) is 0 Å². The van der Waals surface area contributed by atoms with Crippen LogP contribution in [0.2, 0.25) is 0 Å². The Hall–Kier alpha value is -7.46. The molecule has 0 saturated heterocycles. The number of fused-ring (bicyclic) bond motifs is 9. The number of furan rings is 1. The van der Waals surface area contributed by atoms with Gasteiger partial charge in [-0.1, -0.05) is 164 Å². The van der Waals surface area contributed by atoms with Gasteiger partial charge in [-0.15, -0.1) is 11.3 Å². The Morgan fingerprint density at radius 3 is 1.83 bits per heavy atom. The smallest absolute Gasteiger partial charge is 0.145 e. The van der Waals surface area contributed by atoms with Crippen LogP contribution in [0.25, 0.3) is 97.0 Å². The van der Waals surface area contributed by atoms with E-state index in [0.29, 0.717) is 0 Å². The zero-order chi connectivity index (χ0) is 38.9. The van der Waals surface area contributed by atoms with Gasteiger partial charge in [0.1, 0.15) is 11.2 Å². The van der Waals surface area contributed by atoms with Crippen LogP contribution in [0.15, 0.2) is 217 Å². The molecule has 2 heterocycles. The molecule has 12 rings (SSSR count). The minimum atomic E-state index is 0.875. The number of thiophene rings is 1. The molecular weight excluding hydrogens is 735 g/mol. The van der Waals surface area contributed by atoms with Gasteiger partial charge in [0.05, 0.1) is 21.5 Å². The van der Waals surface area contributed by atoms with E-state index in [4.69, 9.17) is 4.42 Å². The van der Waals surface area contributed by atoms with Gasteiger partial charge in [-0.2, -0.15) is 0 Å². The Labute approximate surface area is 345 Å². The van der Waals surface area contributed by atoms with Crippen LogP contribution >= 0.6 is 11.3 Å². The second-order valence-corrected chi connectivity index (χ2v) is 16.3. The summed E-state index contributed by atoms with van der Waals surface area (Å²) in [5.74, 6) is 0. The first kappa shape index (κ1) is 33.7. The standard InChI is InChI=1S/C56H35NOS/c1-3-12-36(13-4-1)41-27-31-47-48-19-11-20-51(56(48)59-53(47)35-41)57(50-33-32-46(38-14-5-2-6-15-38)55-54(50)49-18-9-10-21-52(49)58-55)43-28-24-37(25-29-43)40-26-30-45-42(34-40)23-22-39-16-7-8-17-44(39)45/h1-35H. The van der Waals surface area contributed by atoms with Gasteiger partial charge in [0.25, 0.3) is 0 Å². The van der Waals surface area contributed by atoms with Crippen molar-refractivity contribution < 1.29 is 4.42 Å². The summed E-state index contributed by atoms with van der Waals surface area (Å²) in [5.41, 5.74) is 12.1. The molecule has 0 unspecified atom stereocenters. The molecule has 276 valence electrons. The predicted octanol–water partition coefficient (Wildman–Crippen LogP) is 16.7. The first-order chi connectivity index (χ1) is 29.2. The molecule has 2 nitrogen and oxygen atoms in total. The third kappa shape index (κ3) is 5.55. The van der Waals surface area contributed by atoms with Gasteiger partial charge >= 0.3 is 0 Å². The number of nitrogens with zero attached hydrogens (tertiary/aromatic N) is 1. The van der Waals surface area contributed by atoms with Crippen molar-refractivity contribution in [3.63, 3.8) is 0 Å². The van der Waals surface area contributed by atoms with Gasteiger partial charge in [0.2, 0.25) is 0 Å². The molecule has 0 spiro atoms. The van der Waals surface area contributed by atoms with E-state index >= 15 is 0 Å². The maximum atomic E-state index is 6.81. The van der Waals surface area contributed by atoms with Gasteiger partial charge < -0.3 is 9.32 Å². The lowest BCUT2D eigenvalue weighted by Crippen LogP contribution is -2.10. The highest BCUT2D eigenvalue weighted by Gasteiger charge is 2.24. The fraction of sp³-hybridized carbons (Fsp3) is 0. The Bertz CT molecular complexity index is 3550. The van der Waals surface area contributed by atoms with Crippen molar-refractivity contribution in [1.29, 1.82) is 0 Å². The van der Waals surface area contributed by atoms with E-state index < -0.39 is 0 Å². The molecule has 0 radical (unpaired) electrons. The molecular formula is C56H35NOS. The number of para-hydroxylation sites is 1. The minimum absolute atomic E-state index is 0.875. The van der Waals surface area contributed by atoms with E-state index in [-0.39, 0.29) is 0 Å². The number of hydrogen-bond donors (Lipinski definition) is 0. The highest BCUT2D eigenvalue weighted by atomic mass is 32.1. The molecule has 10 aromatic carbocycles. The fourth-order valence-corrected chi connectivity index (χ4v) is 10.3. The number of anilines is 3. The highest BCUT2D eigenvalue weighted by molar-refractivity contribution is 7.26. The highest BCUT2D eigenvalue weighted by Crippen LogP contribution is 2.50. The van der Waals surface area contributed by atoms with Gasteiger partial charge in [0, 0.05) is 32.1 Å². The first-order valence-corrected chi connectivity index (χ1v) is 20.9. The van der Waals surface area contributed by atoms with Gasteiger partial charge in [0.15, 0.2) is 0 Å². The van der Waals surface area contributed by atoms with Crippen molar-refractivity contribution in [2.45, 2.75) is 0 Å². The summed E-state index contributed by atoms with van der Waals surface area (Å²) in [4.78, 5) is 2.45. The second kappa shape index (κ2) is 13.6. The van der Waals surface area contributed by atoms with Crippen molar-refractivity contribution >= 4 is 92.1 Å². The van der Waals surface area contributed by atoms with Crippen LogP contribution in [0.5, 0.6) is 0 Å². The molecule has 0 bridgehead atoms. The van der Waals surface area contributed by atoms with Gasteiger partial charge in [-0.05, 0) is 97.9 Å². The van der Waals surface area contributed by atoms with Crippen LogP contribution < -0.4 is 4.90 Å². The fourth-order valence-electron chi connectivity index (χ4n) is 9.02. The Morgan fingerprint density at radius 1 is 0.373 bits per heavy atom. The number of hydrogen-bond acceptors (Lipinski definition) is 3. The van der Waals surface area contributed by atoms with Crippen molar-refractivity contribution in [1.82, 2.24) is 0 Å². The third-order valence-corrected chi connectivity index (χ3v) is 13.1. The maximum absolute atomic E-state index is 6.81. The lowest BCUT2D eigenvalue weighted by atomic mass is 9.97. The molecule has 0 aliphatic rings. The molecule has 0 atom stereocenters. The molecule has 12 aromatic rings. The first-order valence-electron chi connectivity index (χ1n) is 20.1. The van der Waals surface area contributed by atoms with Crippen molar-refractivity contribution in [2.24, 2.45) is 0 Å². The number of rotatable bonds is 6. The molecule has 0 N–H and O–H groups in total. The van der Waals surface area contributed by atoms with E-state index in [2.05, 4.69) is 217 Å². The quantitative estimate of drug-likeness (QED) is 0.157. The van der Waals surface area contributed by atoms with Gasteiger partial charge in [-0.25, -0.2) is 0 Å². The SMILES string of the molecule is c1ccc(-c2ccc3c(c2)sc2c(N(c4ccc(-c5ccc6c(ccc7ccccc76)c5)cc4)c4ccc(-c5ccccc5)c5oc6ccccc6c45)cccc23)cc1. The number of benzene rings is 10. The summed E-state index contributed by atoms with van der Waals surface area (Å²) in [5, 5.41) is 9.77. The second-order valence-electron chi connectivity index (χ2n) is 15.2. The third-order valence-electron chi connectivity index (χ3n) is 11.9. The van der Waals surface area contributed by atoms with Crippen molar-refractivity contribution in [3.05, 3.63) is 212 Å². The average molecular weight is 770 g/mol. The van der Waals surface area contributed by atoms with Crippen LogP contribution in [-0.4, -0.2) is 0 Å². The minimum Gasteiger partial charge on any atom is -0.455 e. The normalized spacial score (nSPS) is 11.7. The van der Waals surface area contributed by atoms with Crippen LogP contribution in [0.1, 0.15) is 0 Å². The van der Waals surface area contributed by atoms with E-state index in [0.717, 1.165) is 50.1 Å². The Balaban J connectivity index is 1.07. The van der Waals surface area contributed by atoms with Crippen molar-refractivity contribution in [3.8, 4) is 33.4 Å². The van der Waals surface area contributed by atoms with Crippen LogP contribution in [-0.2, 0) is 0 Å². The summed E-state index contributed by atoms with van der Waals surface area (Å²) in [6.07, 6.45) is 0. The summed E-state index contributed by atoms with van der Waals surface area (Å²) >= 11 is 1.86. The summed E-state index contributed by atoms with van der Waals surface area (Å²) in [6.45, 7) is 0. The zero-order valence-corrected chi connectivity index (χ0v) is 32.8. The lowest BCUT2D eigenvalue weighted by molar-refractivity contribution is 0.670. The van der Waals surface area contributed by atoms with Crippen LogP contribution in [0.4, 0.5) is 17.1 Å². The molecule has 3 heteroatoms. The largest absolute Gasteiger partial charge is 0.455 e. The topological polar surface area (TPSA) is 16.4 Å². The summed E-state index contributed by atoms with van der Waals surface area (Å²) in [6, 6.07) is 76.9. The lowest BCUT2D eigenvalue weighted by Gasteiger charge is -2.27. The van der Waals surface area contributed by atoms with Crippen molar-refractivity contribution in [2.75, 3.05) is 4.90 Å². The Morgan fingerprint density at radius 2 is 1.00 bits per heavy atom. The summed E-state index contributed by atoms with van der Waals surface area (Å²) in [7, 11) is 0. The zero-order valence-electron chi connectivity index (χ0n) is 32.0. The predicted molar refractivity (Wildman–Crippen MR) is 253 cm³/mol. The monoisotopic (exact) mass is 769 g/mol. The molecule has 0 aliphatic heterocycles. The van der Waals surface area contributed by atoms with E-state index in [1.165, 1.54) is 64.0 Å². The molecule has 0 fully saturated rings. The molecule has 0 saturated carbocycles. The summed E-state index contributed by atoms with van der Waals surface area (Å²) < 4.78 is 9.32. The van der Waals surface area contributed by atoms with E-state index in [9.17, 15) is 0 Å². The average Bonchev–Trinajstić information content (AvgIpc) is 3.89. The molecule has 0 aliphatic carbocycles.